The molecule has 1 fully saturated rings. The summed E-state index contributed by atoms with van der Waals surface area (Å²) < 4.78 is 35.1. The van der Waals surface area contributed by atoms with Crippen LogP contribution in [0.5, 0.6) is 5.75 Å². The third-order valence-electron chi connectivity index (χ3n) is 5.62. The summed E-state index contributed by atoms with van der Waals surface area (Å²) in [6.07, 6.45) is 0. The number of nitrogens with one attached hydrogen (secondary N) is 1. The average molecular weight is 492 g/mol. The van der Waals surface area contributed by atoms with Crippen LogP contribution in [0.2, 0.25) is 5.02 Å². The number of hydrogen-bond acceptors (Lipinski definition) is 7. The Balaban J connectivity index is 1.28. The summed E-state index contributed by atoms with van der Waals surface area (Å²) in [5.74, 6) is 0.662. The molecule has 1 aliphatic heterocycles. The first kappa shape index (κ1) is 24.1. The number of hydrogen-bond donors (Lipinski definition) is 1. The van der Waals surface area contributed by atoms with Gasteiger partial charge >= 0.3 is 6.61 Å². The molecule has 2 heterocycles. The molecule has 0 aliphatic carbocycles. The predicted molar refractivity (Wildman–Crippen MR) is 123 cm³/mol. The second-order valence-corrected chi connectivity index (χ2v) is 8.31. The van der Waals surface area contributed by atoms with Crippen LogP contribution in [0.1, 0.15) is 12.8 Å². The van der Waals surface area contributed by atoms with Gasteiger partial charge in [-0.05, 0) is 43.3 Å². The molecule has 3 aromatic rings. The van der Waals surface area contributed by atoms with Crippen LogP contribution in [-0.2, 0) is 11.3 Å². The molecule has 1 saturated heterocycles. The molecule has 180 valence electrons. The molecule has 11 heteroatoms. The number of benzene rings is 2. The number of alkyl halides is 2. The summed E-state index contributed by atoms with van der Waals surface area (Å²) in [4.78, 5) is 21.4. The molecule has 0 saturated carbocycles. The second-order valence-electron chi connectivity index (χ2n) is 7.87. The molecule has 1 aliphatic rings. The number of aromatic nitrogens is 2. The lowest BCUT2D eigenvalue weighted by molar-refractivity contribution is -0.121. The van der Waals surface area contributed by atoms with Crippen molar-refractivity contribution < 1.29 is 22.8 Å². The number of para-hydroxylation sites is 2. The number of amides is 1. The maximum atomic E-state index is 12.7. The van der Waals surface area contributed by atoms with E-state index >= 15 is 0 Å². The Morgan fingerprint density at radius 1 is 1.15 bits per heavy atom. The van der Waals surface area contributed by atoms with Crippen LogP contribution >= 0.6 is 11.6 Å². The molecule has 8 nitrogen and oxygen atoms in total. The van der Waals surface area contributed by atoms with Crippen molar-refractivity contribution in [1.82, 2.24) is 19.9 Å². The Morgan fingerprint density at radius 2 is 1.85 bits per heavy atom. The summed E-state index contributed by atoms with van der Waals surface area (Å²) in [5, 5.41) is 7.37. The molecule has 4 rings (SSSR count). The fourth-order valence-corrected chi connectivity index (χ4v) is 3.83. The summed E-state index contributed by atoms with van der Waals surface area (Å²) in [5.41, 5.74) is 1.04. The number of ether oxygens (including phenoxy) is 1. The molecule has 0 spiro atoms. The molecule has 34 heavy (non-hydrogen) atoms. The molecule has 1 unspecified atom stereocenters. The monoisotopic (exact) mass is 491 g/mol. The van der Waals surface area contributed by atoms with Gasteiger partial charge < -0.3 is 14.6 Å². The van der Waals surface area contributed by atoms with Gasteiger partial charge in [0, 0.05) is 36.8 Å². The van der Waals surface area contributed by atoms with Crippen molar-refractivity contribution in [3.8, 4) is 17.1 Å². The number of anilines is 1. The zero-order valence-electron chi connectivity index (χ0n) is 18.5. The van der Waals surface area contributed by atoms with Crippen molar-refractivity contribution in [2.24, 2.45) is 0 Å². The summed E-state index contributed by atoms with van der Waals surface area (Å²) in [7, 11) is 0. The topological polar surface area (TPSA) is 83.7 Å². The quantitative estimate of drug-likeness (QED) is 0.507. The molecule has 1 aromatic heterocycles. The first-order valence-corrected chi connectivity index (χ1v) is 11.2. The van der Waals surface area contributed by atoms with Crippen LogP contribution in [0, 0.1) is 0 Å². The molecule has 1 amide bonds. The van der Waals surface area contributed by atoms with E-state index in [1.165, 1.54) is 12.1 Å². The van der Waals surface area contributed by atoms with E-state index in [0.29, 0.717) is 49.5 Å². The van der Waals surface area contributed by atoms with Gasteiger partial charge in [0.05, 0.1) is 18.3 Å². The Kier molecular flexibility index (Phi) is 7.71. The fourth-order valence-electron chi connectivity index (χ4n) is 3.71. The van der Waals surface area contributed by atoms with Crippen molar-refractivity contribution in [3.63, 3.8) is 0 Å². The van der Waals surface area contributed by atoms with Crippen molar-refractivity contribution in [2.75, 3.05) is 31.5 Å². The van der Waals surface area contributed by atoms with Gasteiger partial charge in [-0.15, -0.1) is 0 Å². The third-order valence-corrected chi connectivity index (χ3v) is 5.88. The average Bonchev–Trinajstić information content (AvgIpc) is 3.29. The minimum absolute atomic E-state index is 0.0691. The molecule has 0 bridgehead atoms. The molecule has 1 N–H and O–H groups in total. The van der Waals surface area contributed by atoms with Crippen LogP contribution in [0.3, 0.4) is 0 Å². The lowest BCUT2D eigenvalue weighted by Gasteiger charge is -2.36. The first-order valence-electron chi connectivity index (χ1n) is 10.8. The van der Waals surface area contributed by atoms with Crippen molar-refractivity contribution in [2.45, 2.75) is 26.1 Å². The smallest absolute Gasteiger partial charge is 0.387 e. The van der Waals surface area contributed by atoms with E-state index in [0.717, 1.165) is 5.56 Å². The highest BCUT2D eigenvalue weighted by molar-refractivity contribution is 6.30. The molecule has 0 radical (unpaired) electrons. The van der Waals surface area contributed by atoms with Gasteiger partial charge in [-0.1, -0.05) is 28.9 Å². The van der Waals surface area contributed by atoms with E-state index < -0.39 is 12.7 Å². The van der Waals surface area contributed by atoms with E-state index in [-0.39, 0.29) is 17.3 Å². The van der Waals surface area contributed by atoms with E-state index in [2.05, 4.69) is 25.1 Å². The number of halogens is 3. The van der Waals surface area contributed by atoms with Gasteiger partial charge in [0.15, 0.2) is 0 Å². The lowest BCUT2D eigenvalue weighted by Crippen LogP contribution is -2.52. The van der Waals surface area contributed by atoms with Crippen LogP contribution in [0.15, 0.2) is 53.1 Å². The Hall–Kier alpha value is -3.08. The Bertz CT molecular complexity index is 1100. The van der Waals surface area contributed by atoms with Gasteiger partial charge in [0.1, 0.15) is 5.75 Å². The predicted octanol–water partition coefficient (Wildman–Crippen LogP) is 4.14. The Morgan fingerprint density at radius 3 is 2.56 bits per heavy atom. The normalized spacial score (nSPS) is 15.9. The first-order chi connectivity index (χ1) is 16.4. The van der Waals surface area contributed by atoms with Crippen molar-refractivity contribution in [1.29, 1.82) is 0 Å². The lowest BCUT2D eigenvalue weighted by atomic mass is 10.2. The number of carbonyl (C=O) groups is 1. The van der Waals surface area contributed by atoms with E-state index in [1.807, 2.05) is 17.0 Å². The van der Waals surface area contributed by atoms with Crippen LogP contribution in [0.25, 0.3) is 11.4 Å². The summed E-state index contributed by atoms with van der Waals surface area (Å²) >= 11 is 5.92. The van der Waals surface area contributed by atoms with E-state index in [1.54, 1.807) is 31.2 Å². The minimum Gasteiger partial charge on any atom is -0.433 e. The van der Waals surface area contributed by atoms with Gasteiger partial charge in [0.2, 0.25) is 17.6 Å². The summed E-state index contributed by atoms with van der Waals surface area (Å²) in [6.45, 7) is 2.06. The highest BCUT2D eigenvalue weighted by Gasteiger charge is 2.27. The largest absolute Gasteiger partial charge is 0.433 e. The van der Waals surface area contributed by atoms with Crippen LogP contribution in [0.4, 0.5) is 14.5 Å². The number of rotatable bonds is 8. The second kappa shape index (κ2) is 10.9. The number of nitrogens with zero attached hydrogens (tertiary/aromatic N) is 4. The van der Waals surface area contributed by atoms with Gasteiger partial charge in [-0.25, -0.2) is 0 Å². The zero-order chi connectivity index (χ0) is 24.1. The van der Waals surface area contributed by atoms with Crippen LogP contribution < -0.4 is 10.1 Å². The van der Waals surface area contributed by atoms with Crippen LogP contribution in [-0.4, -0.2) is 64.7 Å². The summed E-state index contributed by atoms with van der Waals surface area (Å²) in [6, 6.07) is 12.9. The SMILES string of the molecule is CC(C(=O)Nc1ccccc1OC(F)F)N1CCN(Cc2nc(-c3ccc(Cl)cc3)no2)CC1. The maximum Gasteiger partial charge on any atom is 0.387 e. The van der Waals surface area contributed by atoms with Gasteiger partial charge in [0.25, 0.3) is 0 Å². The molecular weight excluding hydrogens is 468 g/mol. The molecular formula is C23H24ClF2N5O3. The Labute approximate surface area is 200 Å². The molecule has 2 aromatic carbocycles. The molecule has 1 atom stereocenters. The number of piperazine rings is 1. The standard InChI is InChI=1S/C23H24ClF2N5O3/c1-15(22(32)27-18-4-2-3-5-19(18)33-23(25)26)31-12-10-30(11-13-31)14-20-28-21(29-34-20)16-6-8-17(24)9-7-16/h2-9,15,23H,10-14H2,1H3,(H,27,32). The van der Waals surface area contributed by atoms with E-state index in [9.17, 15) is 13.6 Å². The number of carbonyl (C=O) groups excluding carboxylic acids is 1. The van der Waals surface area contributed by atoms with Gasteiger partial charge in [-0.2, -0.15) is 13.8 Å². The van der Waals surface area contributed by atoms with Crippen molar-refractivity contribution in [3.05, 3.63) is 59.4 Å². The minimum atomic E-state index is -2.97. The van der Waals surface area contributed by atoms with E-state index in [4.69, 9.17) is 16.1 Å². The maximum absolute atomic E-state index is 12.7. The highest BCUT2D eigenvalue weighted by Crippen LogP contribution is 2.26. The zero-order valence-corrected chi connectivity index (χ0v) is 19.2. The van der Waals surface area contributed by atoms with Gasteiger partial charge in [-0.3, -0.25) is 14.6 Å². The highest BCUT2D eigenvalue weighted by atomic mass is 35.5. The van der Waals surface area contributed by atoms with Crippen molar-refractivity contribution >= 4 is 23.2 Å². The third kappa shape index (κ3) is 6.07. The fraction of sp³-hybridized carbons (Fsp3) is 0.348.